The van der Waals surface area contributed by atoms with Crippen molar-refractivity contribution in [1.82, 2.24) is 24.4 Å². The molecule has 5 rings (SSSR count). The third-order valence-corrected chi connectivity index (χ3v) is 6.98. The van der Waals surface area contributed by atoms with Crippen LogP contribution >= 0.6 is 23.3 Å². The van der Waals surface area contributed by atoms with Crippen molar-refractivity contribution >= 4 is 39.4 Å². The molecule has 4 aromatic rings. The molecule has 0 saturated carbocycles. The number of carbonyl (C=O) groups is 1. The highest BCUT2D eigenvalue weighted by atomic mass is 32.2. The molecule has 0 spiro atoms. The fourth-order valence-electron chi connectivity index (χ4n) is 3.79. The van der Waals surface area contributed by atoms with Gasteiger partial charge in [0.2, 0.25) is 5.91 Å². The summed E-state index contributed by atoms with van der Waals surface area (Å²) in [6.45, 7) is 4.06. The van der Waals surface area contributed by atoms with Crippen LogP contribution in [0.2, 0.25) is 0 Å². The number of amides is 1. The van der Waals surface area contributed by atoms with Crippen LogP contribution in [0.4, 0.5) is 0 Å². The molecule has 0 fully saturated rings. The number of nitrogens with zero attached hydrogens (tertiary/aromatic N) is 4. The molecule has 8 heteroatoms. The lowest BCUT2D eigenvalue weighted by Gasteiger charge is -2.24. The molecule has 0 aliphatic carbocycles. The first-order valence-electron chi connectivity index (χ1n) is 10.4. The molecular formula is C23H23N5OS2. The third kappa shape index (κ3) is 4.23. The molecule has 1 N–H and O–H groups in total. The summed E-state index contributed by atoms with van der Waals surface area (Å²) in [5.41, 5.74) is 5.98. The average Bonchev–Trinajstić information content (AvgIpc) is 3.49. The average molecular weight is 450 g/mol. The van der Waals surface area contributed by atoms with Crippen molar-refractivity contribution in [2.75, 3.05) is 6.54 Å². The van der Waals surface area contributed by atoms with E-state index in [-0.39, 0.29) is 11.9 Å². The van der Waals surface area contributed by atoms with Crippen molar-refractivity contribution in [2.24, 2.45) is 0 Å². The molecule has 1 unspecified atom stereocenters. The second-order valence-electron chi connectivity index (χ2n) is 7.57. The van der Waals surface area contributed by atoms with Crippen molar-refractivity contribution in [3.63, 3.8) is 0 Å². The fourth-order valence-corrected chi connectivity index (χ4v) is 5.42. The highest BCUT2D eigenvalue weighted by Crippen LogP contribution is 2.30. The van der Waals surface area contributed by atoms with Crippen LogP contribution in [0.1, 0.15) is 36.2 Å². The number of nitrogens with one attached hydrogen (secondary N) is 1. The van der Waals surface area contributed by atoms with Gasteiger partial charge in [-0.3, -0.25) is 4.79 Å². The zero-order valence-electron chi connectivity index (χ0n) is 17.2. The lowest BCUT2D eigenvalue weighted by molar-refractivity contribution is -0.134. The first kappa shape index (κ1) is 20.2. The standard InChI is InChI=1S/C23H23N5OS2/c1-2-10-24-22(16-6-4-3-5-7-16)23(29)27-12-17-13-28(26-20(17)14-27)31-18-8-9-19-21(11-18)30-15-25-19/h3-9,11,13,15,22,24H,2,10,12,14H2,1H3. The van der Waals surface area contributed by atoms with E-state index in [2.05, 4.69) is 29.4 Å². The number of thiazole rings is 1. The molecule has 3 heterocycles. The Morgan fingerprint density at radius 3 is 2.90 bits per heavy atom. The fraction of sp³-hybridized carbons (Fsp3) is 0.261. The predicted molar refractivity (Wildman–Crippen MR) is 125 cm³/mol. The van der Waals surface area contributed by atoms with Crippen LogP contribution in [0, 0.1) is 0 Å². The Morgan fingerprint density at radius 1 is 1.23 bits per heavy atom. The maximum absolute atomic E-state index is 13.3. The van der Waals surface area contributed by atoms with Gasteiger partial charge in [0.05, 0.1) is 28.0 Å². The SMILES string of the molecule is CCCNC(C(=O)N1Cc2cn(Sc3ccc4ncsc4c3)nc2C1)c1ccccc1. The Labute approximate surface area is 189 Å². The van der Waals surface area contributed by atoms with Crippen LogP contribution in [0.15, 0.2) is 65.1 Å². The maximum atomic E-state index is 13.3. The lowest BCUT2D eigenvalue weighted by Crippen LogP contribution is -2.38. The van der Waals surface area contributed by atoms with Crippen molar-refractivity contribution in [2.45, 2.75) is 37.4 Å². The van der Waals surface area contributed by atoms with Crippen molar-refractivity contribution < 1.29 is 4.79 Å². The van der Waals surface area contributed by atoms with Crippen LogP contribution in [-0.4, -0.2) is 31.5 Å². The van der Waals surface area contributed by atoms with Gasteiger partial charge in [0.1, 0.15) is 6.04 Å². The molecule has 1 atom stereocenters. The molecule has 158 valence electrons. The molecule has 0 bridgehead atoms. The van der Waals surface area contributed by atoms with Gasteiger partial charge in [0, 0.05) is 35.1 Å². The van der Waals surface area contributed by atoms with Crippen molar-refractivity contribution in [1.29, 1.82) is 0 Å². The van der Waals surface area contributed by atoms with Crippen LogP contribution in [-0.2, 0) is 17.9 Å². The third-order valence-electron chi connectivity index (χ3n) is 5.35. The summed E-state index contributed by atoms with van der Waals surface area (Å²) in [4.78, 5) is 20.7. The van der Waals surface area contributed by atoms with Gasteiger partial charge in [-0.25, -0.2) is 9.07 Å². The van der Waals surface area contributed by atoms with Gasteiger partial charge in [-0.1, -0.05) is 37.3 Å². The molecule has 0 radical (unpaired) electrons. The van der Waals surface area contributed by atoms with Gasteiger partial charge in [0.15, 0.2) is 0 Å². The highest BCUT2D eigenvalue weighted by molar-refractivity contribution is 7.97. The van der Waals surface area contributed by atoms with Gasteiger partial charge >= 0.3 is 0 Å². The normalized spacial score (nSPS) is 14.2. The summed E-state index contributed by atoms with van der Waals surface area (Å²) in [5, 5.41) is 8.15. The highest BCUT2D eigenvalue weighted by Gasteiger charge is 2.31. The van der Waals surface area contributed by atoms with Crippen molar-refractivity contribution in [3.05, 3.63) is 77.1 Å². The van der Waals surface area contributed by atoms with E-state index in [0.29, 0.717) is 13.1 Å². The second kappa shape index (κ2) is 8.82. The number of rotatable bonds is 7. The van der Waals surface area contributed by atoms with E-state index in [1.807, 2.05) is 57.1 Å². The summed E-state index contributed by atoms with van der Waals surface area (Å²) in [6, 6.07) is 15.9. The summed E-state index contributed by atoms with van der Waals surface area (Å²) in [7, 11) is 0. The predicted octanol–water partition coefficient (Wildman–Crippen LogP) is 4.63. The Morgan fingerprint density at radius 2 is 2.10 bits per heavy atom. The molecule has 1 aliphatic heterocycles. The molecule has 6 nitrogen and oxygen atoms in total. The van der Waals surface area contributed by atoms with Crippen LogP contribution in [0.3, 0.4) is 0 Å². The van der Waals surface area contributed by atoms with Crippen LogP contribution < -0.4 is 5.32 Å². The molecular weight excluding hydrogens is 426 g/mol. The maximum Gasteiger partial charge on any atom is 0.244 e. The minimum absolute atomic E-state index is 0.104. The largest absolute Gasteiger partial charge is 0.331 e. The van der Waals surface area contributed by atoms with E-state index in [1.165, 1.54) is 4.70 Å². The number of carbonyl (C=O) groups excluding carboxylic acids is 1. The van der Waals surface area contributed by atoms with Crippen LogP contribution in [0.5, 0.6) is 0 Å². The van der Waals surface area contributed by atoms with E-state index in [4.69, 9.17) is 5.10 Å². The number of benzene rings is 2. The monoisotopic (exact) mass is 449 g/mol. The van der Waals surface area contributed by atoms with Gasteiger partial charge in [0.25, 0.3) is 0 Å². The minimum Gasteiger partial charge on any atom is -0.331 e. The smallest absolute Gasteiger partial charge is 0.244 e. The molecule has 1 aliphatic rings. The number of hydrogen-bond acceptors (Lipinski definition) is 6. The first-order chi connectivity index (χ1) is 15.2. The van der Waals surface area contributed by atoms with Gasteiger partial charge in [-0.15, -0.1) is 11.3 Å². The van der Waals surface area contributed by atoms with Gasteiger partial charge < -0.3 is 10.2 Å². The quantitative estimate of drug-likeness (QED) is 0.446. The Hall–Kier alpha value is -2.68. The number of fused-ring (bicyclic) bond motifs is 2. The molecule has 0 saturated heterocycles. The van der Waals surface area contributed by atoms with Crippen molar-refractivity contribution in [3.8, 4) is 0 Å². The van der Waals surface area contributed by atoms with Gasteiger partial charge in [-0.05, 0) is 36.7 Å². The lowest BCUT2D eigenvalue weighted by atomic mass is 10.1. The Bertz CT molecular complexity index is 1180. The Kier molecular flexibility index (Phi) is 5.76. The number of aromatic nitrogens is 3. The number of hydrogen-bond donors (Lipinski definition) is 1. The molecule has 1 amide bonds. The summed E-state index contributed by atoms with van der Waals surface area (Å²) >= 11 is 3.22. The first-order valence-corrected chi connectivity index (χ1v) is 12.0. The van der Waals surface area contributed by atoms with E-state index >= 15 is 0 Å². The van der Waals surface area contributed by atoms with Crippen LogP contribution in [0.25, 0.3) is 10.2 Å². The van der Waals surface area contributed by atoms with E-state index in [1.54, 1.807) is 23.3 Å². The van der Waals surface area contributed by atoms with Gasteiger partial charge in [-0.2, -0.15) is 5.10 Å². The molecule has 2 aromatic carbocycles. The molecule has 2 aromatic heterocycles. The minimum atomic E-state index is -0.321. The van der Waals surface area contributed by atoms with E-state index < -0.39 is 0 Å². The van der Waals surface area contributed by atoms with E-state index in [0.717, 1.165) is 40.2 Å². The summed E-state index contributed by atoms with van der Waals surface area (Å²) in [5.74, 6) is 0.104. The topological polar surface area (TPSA) is 63.1 Å². The summed E-state index contributed by atoms with van der Waals surface area (Å²) in [6.07, 6.45) is 3.02. The zero-order chi connectivity index (χ0) is 21.2. The Balaban J connectivity index is 1.28. The van der Waals surface area contributed by atoms with E-state index in [9.17, 15) is 4.79 Å². The zero-order valence-corrected chi connectivity index (χ0v) is 18.8. The summed E-state index contributed by atoms with van der Waals surface area (Å²) < 4.78 is 3.08. The molecule has 31 heavy (non-hydrogen) atoms. The second-order valence-corrected chi connectivity index (χ2v) is 9.48.